The van der Waals surface area contributed by atoms with Crippen LogP contribution in [0.4, 0.5) is 0 Å². The number of likely N-dealkylation sites (tertiary alicyclic amines) is 1. The molecule has 0 N–H and O–H groups in total. The van der Waals surface area contributed by atoms with E-state index in [2.05, 4.69) is 16.0 Å². The van der Waals surface area contributed by atoms with Crippen LogP contribution in [0, 0.1) is 0 Å². The molecule has 2 rings (SSSR count). The van der Waals surface area contributed by atoms with Gasteiger partial charge in [-0.25, -0.2) is 0 Å². The number of rotatable bonds is 4. The Hall–Kier alpha value is -1.42. The number of esters is 1. The molecule has 1 fully saturated rings. The minimum Gasteiger partial charge on any atom is -0.465 e. The fraction of sp³-hybridized carbons (Fsp3) is 0.571. The summed E-state index contributed by atoms with van der Waals surface area (Å²) in [6.45, 7) is 3.81. The van der Waals surface area contributed by atoms with E-state index in [-0.39, 0.29) is 5.97 Å². The summed E-state index contributed by atoms with van der Waals surface area (Å²) >= 11 is 0. The van der Waals surface area contributed by atoms with Crippen LogP contribution >= 0.6 is 0 Å². The highest BCUT2D eigenvalue weighted by Crippen LogP contribution is 2.29. The molecule has 1 saturated heterocycles. The second-order valence-electron chi connectivity index (χ2n) is 4.67. The van der Waals surface area contributed by atoms with E-state index in [1.165, 1.54) is 25.3 Å². The van der Waals surface area contributed by atoms with Crippen LogP contribution in [0.3, 0.4) is 0 Å². The predicted octanol–water partition coefficient (Wildman–Crippen LogP) is 2.17. The van der Waals surface area contributed by atoms with E-state index in [4.69, 9.17) is 4.74 Å². The van der Waals surface area contributed by atoms with Crippen LogP contribution in [0.25, 0.3) is 0 Å². The van der Waals surface area contributed by atoms with E-state index in [9.17, 15) is 4.79 Å². The summed E-state index contributed by atoms with van der Waals surface area (Å²) in [5.74, 6) is -0.204. The smallest absolute Gasteiger partial charge is 0.302 e. The van der Waals surface area contributed by atoms with Crippen LogP contribution < -0.4 is 0 Å². The highest BCUT2D eigenvalue weighted by Gasteiger charge is 2.23. The summed E-state index contributed by atoms with van der Waals surface area (Å²) in [4.78, 5) is 17.4. The Labute approximate surface area is 108 Å². The van der Waals surface area contributed by atoms with Gasteiger partial charge in [0.2, 0.25) is 0 Å². The molecule has 0 spiro atoms. The lowest BCUT2D eigenvalue weighted by atomic mass is 9.96. The van der Waals surface area contributed by atoms with E-state index in [1.807, 2.05) is 12.3 Å². The van der Waals surface area contributed by atoms with Crippen LogP contribution in [0.2, 0.25) is 0 Å². The summed E-state index contributed by atoms with van der Waals surface area (Å²) in [5.41, 5.74) is 1.26. The van der Waals surface area contributed by atoms with Crippen LogP contribution in [0.5, 0.6) is 0 Å². The zero-order valence-corrected chi connectivity index (χ0v) is 10.8. The number of pyridine rings is 1. The minimum atomic E-state index is -0.204. The largest absolute Gasteiger partial charge is 0.465 e. The van der Waals surface area contributed by atoms with Gasteiger partial charge in [-0.2, -0.15) is 0 Å². The molecule has 0 aliphatic carbocycles. The molecule has 0 bridgehead atoms. The standard InChI is InChI=1S/C14H20N2O2/c1-12(17)18-10-9-16-8-3-2-6-14(16)13-5-4-7-15-11-13/h4-5,7,11,14H,2-3,6,8-10H2,1H3/t14-/m1/s1. The normalized spacial score (nSPS) is 20.6. The van der Waals surface area contributed by atoms with Gasteiger partial charge in [0.25, 0.3) is 0 Å². The van der Waals surface area contributed by atoms with Crippen molar-refractivity contribution in [3.63, 3.8) is 0 Å². The number of piperidine rings is 1. The summed E-state index contributed by atoms with van der Waals surface area (Å²) in [6, 6.07) is 4.53. The van der Waals surface area contributed by atoms with Gasteiger partial charge in [0, 0.05) is 31.9 Å². The first-order valence-electron chi connectivity index (χ1n) is 6.54. The summed E-state index contributed by atoms with van der Waals surface area (Å²) in [5, 5.41) is 0. The first-order valence-corrected chi connectivity index (χ1v) is 6.54. The maximum Gasteiger partial charge on any atom is 0.302 e. The molecule has 4 nitrogen and oxygen atoms in total. The third kappa shape index (κ3) is 3.53. The van der Waals surface area contributed by atoms with E-state index in [0.717, 1.165) is 19.5 Å². The van der Waals surface area contributed by atoms with Gasteiger partial charge in [-0.15, -0.1) is 0 Å². The predicted molar refractivity (Wildman–Crippen MR) is 69.0 cm³/mol. The molecule has 4 heteroatoms. The lowest BCUT2D eigenvalue weighted by molar-refractivity contribution is -0.141. The molecular weight excluding hydrogens is 228 g/mol. The van der Waals surface area contributed by atoms with Crippen molar-refractivity contribution in [1.29, 1.82) is 0 Å². The molecular formula is C14H20N2O2. The Morgan fingerprint density at radius 2 is 2.44 bits per heavy atom. The van der Waals surface area contributed by atoms with E-state index in [1.54, 1.807) is 6.20 Å². The van der Waals surface area contributed by atoms with Gasteiger partial charge in [-0.05, 0) is 31.0 Å². The Bertz CT molecular complexity index is 381. The molecule has 1 aromatic rings. The number of carbonyl (C=O) groups is 1. The summed E-state index contributed by atoms with van der Waals surface area (Å²) < 4.78 is 5.03. The number of aromatic nitrogens is 1. The van der Waals surface area contributed by atoms with Crippen LogP contribution in [0.1, 0.15) is 37.8 Å². The first-order chi connectivity index (χ1) is 8.77. The van der Waals surface area contributed by atoms with Crippen molar-refractivity contribution in [2.75, 3.05) is 19.7 Å². The zero-order chi connectivity index (χ0) is 12.8. The molecule has 0 amide bonds. The molecule has 1 aromatic heterocycles. The van der Waals surface area contributed by atoms with Crippen molar-refractivity contribution in [2.45, 2.75) is 32.2 Å². The molecule has 0 aromatic carbocycles. The molecule has 1 aliphatic rings. The van der Waals surface area contributed by atoms with Gasteiger partial charge in [-0.3, -0.25) is 14.7 Å². The maximum atomic E-state index is 10.8. The summed E-state index contributed by atoms with van der Waals surface area (Å²) in [6.07, 6.45) is 7.37. The molecule has 0 radical (unpaired) electrons. The molecule has 1 atom stereocenters. The SMILES string of the molecule is CC(=O)OCCN1CCCC[C@@H]1c1cccnc1. The lowest BCUT2D eigenvalue weighted by Gasteiger charge is -2.35. The monoisotopic (exact) mass is 248 g/mol. The minimum absolute atomic E-state index is 0.204. The Morgan fingerprint density at radius 1 is 1.56 bits per heavy atom. The van der Waals surface area contributed by atoms with E-state index < -0.39 is 0 Å². The molecule has 2 heterocycles. The number of hydrogen-bond acceptors (Lipinski definition) is 4. The van der Waals surface area contributed by atoms with Crippen LogP contribution in [-0.2, 0) is 9.53 Å². The van der Waals surface area contributed by atoms with Crippen molar-refractivity contribution in [3.8, 4) is 0 Å². The molecule has 98 valence electrons. The quantitative estimate of drug-likeness (QED) is 0.766. The Morgan fingerprint density at radius 3 is 3.17 bits per heavy atom. The fourth-order valence-electron chi connectivity index (χ4n) is 2.52. The Kier molecular flexibility index (Phi) is 4.70. The van der Waals surface area contributed by atoms with Gasteiger partial charge in [-0.1, -0.05) is 12.5 Å². The average molecular weight is 248 g/mol. The average Bonchev–Trinajstić information content (AvgIpc) is 2.40. The van der Waals surface area contributed by atoms with Gasteiger partial charge >= 0.3 is 5.97 Å². The third-order valence-electron chi connectivity index (χ3n) is 3.37. The van der Waals surface area contributed by atoms with E-state index in [0.29, 0.717) is 12.6 Å². The van der Waals surface area contributed by atoms with Crippen LogP contribution in [-0.4, -0.2) is 35.5 Å². The second-order valence-corrected chi connectivity index (χ2v) is 4.67. The van der Waals surface area contributed by atoms with Crippen molar-refractivity contribution < 1.29 is 9.53 Å². The van der Waals surface area contributed by atoms with Gasteiger partial charge in [0.1, 0.15) is 6.61 Å². The highest BCUT2D eigenvalue weighted by molar-refractivity contribution is 5.65. The summed E-state index contributed by atoms with van der Waals surface area (Å²) in [7, 11) is 0. The zero-order valence-electron chi connectivity index (χ0n) is 10.8. The maximum absolute atomic E-state index is 10.8. The second kappa shape index (κ2) is 6.50. The van der Waals surface area contributed by atoms with Crippen molar-refractivity contribution in [2.24, 2.45) is 0 Å². The number of hydrogen-bond donors (Lipinski definition) is 0. The topological polar surface area (TPSA) is 42.4 Å². The van der Waals surface area contributed by atoms with Gasteiger partial charge in [0.05, 0.1) is 0 Å². The van der Waals surface area contributed by atoms with Crippen molar-refractivity contribution in [1.82, 2.24) is 9.88 Å². The van der Waals surface area contributed by atoms with Gasteiger partial charge < -0.3 is 4.74 Å². The van der Waals surface area contributed by atoms with Crippen LogP contribution in [0.15, 0.2) is 24.5 Å². The van der Waals surface area contributed by atoms with E-state index >= 15 is 0 Å². The number of nitrogens with zero attached hydrogens (tertiary/aromatic N) is 2. The van der Waals surface area contributed by atoms with Crippen molar-refractivity contribution >= 4 is 5.97 Å². The highest BCUT2D eigenvalue weighted by atomic mass is 16.5. The van der Waals surface area contributed by atoms with Gasteiger partial charge in [0.15, 0.2) is 0 Å². The molecule has 18 heavy (non-hydrogen) atoms. The van der Waals surface area contributed by atoms with Crippen molar-refractivity contribution in [3.05, 3.63) is 30.1 Å². The number of carbonyl (C=O) groups excluding carboxylic acids is 1. The molecule has 0 unspecified atom stereocenters. The first kappa shape index (κ1) is 13.0. The Balaban J connectivity index is 1.95. The third-order valence-corrected chi connectivity index (χ3v) is 3.37. The lowest BCUT2D eigenvalue weighted by Crippen LogP contribution is -2.36. The fourth-order valence-corrected chi connectivity index (χ4v) is 2.52. The molecule has 1 aliphatic heterocycles. The number of ether oxygens (including phenoxy) is 1. The molecule has 0 saturated carbocycles.